The highest BCUT2D eigenvalue weighted by Gasteiger charge is 2.27. The molecule has 1 atom stereocenters. The Hall–Kier alpha value is -1.09. The highest BCUT2D eigenvalue weighted by molar-refractivity contribution is 5.41. The van der Waals surface area contributed by atoms with Crippen molar-refractivity contribution in [1.29, 1.82) is 0 Å². The number of anilines is 1. The van der Waals surface area contributed by atoms with Gasteiger partial charge in [0.2, 0.25) is 0 Å². The van der Waals surface area contributed by atoms with Crippen molar-refractivity contribution in [2.75, 3.05) is 18.8 Å². The van der Waals surface area contributed by atoms with Gasteiger partial charge in [0.25, 0.3) is 0 Å². The van der Waals surface area contributed by atoms with Gasteiger partial charge in [-0.1, -0.05) is 20.8 Å². The summed E-state index contributed by atoms with van der Waals surface area (Å²) >= 11 is 0. The molecule has 1 aromatic heterocycles. The summed E-state index contributed by atoms with van der Waals surface area (Å²) < 4.78 is 0. The average Bonchev–Trinajstić information content (AvgIpc) is 2.57. The second-order valence-corrected chi connectivity index (χ2v) is 6.81. The fourth-order valence-electron chi connectivity index (χ4n) is 2.97. The molecule has 1 saturated heterocycles. The zero-order valence-electron chi connectivity index (χ0n) is 12.5. The SMILES string of the molecule is CC(C)(C)C1CCCN(Cc2ncccc2N)CC1. The Labute approximate surface area is 117 Å². The molecular formula is C16H27N3. The van der Waals surface area contributed by atoms with E-state index in [1.165, 1.54) is 25.8 Å². The first kappa shape index (κ1) is 14.3. The molecule has 1 unspecified atom stereocenters. The van der Waals surface area contributed by atoms with Crippen LogP contribution in [-0.2, 0) is 6.54 Å². The number of hydrogen-bond acceptors (Lipinski definition) is 3. The zero-order chi connectivity index (χ0) is 13.9. The predicted molar refractivity (Wildman–Crippen MR) is 80.7 cm³/mol. The summed E-state index contributed by atoms with van der Waals surface area (Å²) in [5.41, 5.74) is 8.26. The van der Waals surface area contributed by atoms with E-state index >= 15 is 0 Å². The number of hydrogen-bond donors (Lipinski definition) is 1. The number of rotatable bonds is 2. The minimum Gasteiger partial charge on any atom is -0.397 e. The Bertz CT molecular complexity index is 409. The van der Waals surface area contributed by atoms with E-state index in [9.17, 15) is 0 Å². The second kappa shape index (κ2) is 5.91. The third-order valence-electron chi connectivity index (χ3n) is 4.34. The van der Waals surface area contributed by atoms with Gasteiger partial charge in [0.05, 0.1) is 11.4 Å². The summed E-state index contributed by atoms with van der Waals surface area (Å²) in [5, 5.41) is 0. The van der Waals surface area contributed by atoms with E-state index in [-0.39, 0.29) is 0 Å². The molecule has 0 radical (unpaired) electrons. The molecule has 3 heteroatoms. The lowest BCUT2D eigenvalue weighted by molar-refractivity contribution is 0.206. The summed E-state index contributed by atoms with van der Waals surface area (Å²) in [4.78, 5) is 6.91. The third kappa shape index (κ3) is 3.93. The number of nitrogen functional groups attached to an aromatic ring is 1. The van der Waals surface area contributed by atoms with E-state index in [1.54, 1.807) is 0 Å². The van der Waals surface area contributed by atoms with Crippen molar-refractivity contribution in [2.24, 2.45) is 11.3 Å². The van der Waals surface area contributed by atoms with Gasteiger partial charge in [0, 0.05) is 12.7 Å². The van der Waals surface area contributed by atoms with E-state index in [1.807, 2.05) is 18.3 Å². The lowest BCUT2D eigenvalue weighted by Crippen LogP contribution is -2.26. The van der Waals surface area contributed by atoms with Crippen LogP contribution in [0.3, 0.4) is 0 Å². The molecule has 19 heavy (non-hydrogen) atoms. The number of nitrogens with two attached hydrogens (primary N) is 1. The molecule has 0 spiro atoms. The lowest BCUT2D eigenvalue weighted by atomic mass is 9.77. The molecule has 106 valence electrons. The van der Waals surface area contributed by atoms with E-state index in [4.69, 9.17) is 5.73 Å². The van der Waals surface area contributed by atoms with E-state index < -0.39 is 0 Å². The van der Waals surface area contributed by atoms with Crippen molar-refractivity contribution in [3.63, 3.8) is 0 Å². The number of pyridine rings is 1. The van der Waals surface area contributed by atoms with Crippen molar-refractivity contribution in [1.82, 2.24) is 9.88 Å². The maximum atomic E-state index is 5.98. The van der Waals surface area contributed by atoms with Crippen LogP contribution in [0, 0.1) is 11.3 Å². The first-order valence-electron chi connectivity index (χ1n) is 7.38. The van der Waals surface area contributed by atoms with Gasteiger partial charge in [-0.25, -0.2) is 0 Å². The van der Waals surface area contributed by atoms with Gasteiger partial charge in [-0.2, -0.15) is 0 Å². The number of likely N-dealkylation sites (tertiary alicyclic amines) is 1. The normalized spacial score (nSPS) is 22.2. The van der Waals surface area contributed by atoms with Gasteiger partial charge in [0.1, 0.15) is 0 Å². The summed E-state index contributed by atoms with van der Waals surface area (Å²) in [5.74, 6) is 0.832. The van der Waals surface area contributed by atoms with Crippen LogP contribution in [-0.4, -0.2) is 23.0 Å². The topological polar surface area (TPSA) is 42.2 Å². The van der Waals surface area contributed by atoms with Crippen molar-refractivity contribution >= 4 is 5.69 Å². The van der Waals surface area contributed by atoms with Crippen LogP contribution >= 0.6 is 0 Å². The maximum absolute atomic E-state index is 5.98. The van der Waals surface area contributed by atoms with Gasteiger partial charge < -0.3 is 5.73 Å². The van der Waals surface area contributed by atoms with Gasteiger partial charge in [0.15, 0.2) is 0 Å². The Balaban J connectivity index is 1.95. The van der Waals surface area contributed by atoms with Crippen LogP contribution in [0.25, 0.3) is 0 Å². The molecule has 2 rings (SSSR count). The first-order valence-corrected chi connectivity index (χ1v) is 7.38. The standard InChI is InChI=1S/C16H27N3/c1-16(2,3)13-6-5-10-19(11-8-13)12-15-14(17)7-4-9-18-15/h4,7,9,13H,5-6,8,10-12,17H2,1-3H3. The molecular weight excluding hydrogens is 234 g/mol. The molecule has 1 aliphatic rings. The van der Waals surface area contributed by atoms with Crippen LogP contribution in [0.1, 0.15) is 45.7 Å². The molecule has 2 N–H and O–H groups in total. The predicted octanol–water partition coefficient (Wildman–Crippen LogP) is 3.31. The van der Waals surface area contributed by atoms with E-state index in [0.29, 0.717) is 5.41 Å². The highest BCUT2D eigenvalue weighted by atomic mass is 15.1. The fourth-order valence-corrected chi connectivity index (χ4v) is 2.97. The summed E-state index contributed by atoms with van der Waals surface area (Å²) in [6.07, 6.45) is 5.75. The van der Waals surface area contributed by atoms with Gasteiger partial charge >= 0.3 is 0 Å². The molecule has 1 fully saturated rings. The Morgan fingerprint density at radius 3 is 2.79 bits per heavy atom. The Morgan fingerprint density at radius 1 is 1.32 bits per heavy atom. The Morgan fingerprint density at radius 2 is 2.11 bits per heavy atom. The summed E-state index contributed by atoms with van der Waals surface area (Å²) in [6.45, 7) is 10.3. The van der Waals surface area contributed by atoms with Gasteiger partial charge in [-0.15, -0.1) is 0 Å². The van der Waals surface area contributed by atoms with Crippen molar-refractivity contribution in [3.05, 3.63) is 24.0 Å². The molecule has 2 heterocycles. The van der Waals surface area contributed by atoms with Crippen LogP contribution in [0.4, 0.5) is 5.69 Å². The average molecular weight is 261 g/mol. The smallest absolute Gasteiger partial charge is 0.0772 e. The summed E-state index contributed by atoms with van der Waals surface area (Å²) in [6, 6.07) is 3.84. The monoisotopic (exact) mass is 261 g/mol. The number of aromatic nitrogens is 1. The van der Waals surface area contributed by atoms with Crippen molar-refractivity contribution in [2.45, 2.75) is 46.6 Å². The lowest BCUT2D eigenvalue weighted by Gasteiger charge is -2.29. The second-order valence-electron chi connectivity index (χ2n) is 6.81. The van der Waals surface area contributed by atoms with Gasteiger partial charge in [-0.05, 0) is 55.8 Å². The van der Waals surface area contributed by atoms with Gasteiger partial charge in [-0.3, -0.25) is 9.88 Å². The minimum absolute atomic E-state index is 0.431. The molecule has 0 bridgehead atoms. The van der Waals surface area contributed by atoms with Crippen LogP contribution in [0.15, 0.2) is 18.3 Å². The quantitative estimate of drug-likeness (QED) is 0.888. The Kier molecular flexibility index (Phi) is 4.46. The van der Waals surface area contributed by atoms with Crippen molar-refractivity contribution in [3.8, 4) is 0 Å². The largest absolute Gasteiger partial charge is 0.397 e. The first-order chi connectivity index (χ1) is 8.97. The summed E-state index contributed by atoms with van der Waals surface area (Å²) in [7, 11) is 0. The number of nitrogens with zero attached hydrogens (tertiary/aromatic N) is 2. The molecule has 3 nitrogen and oxygen atoms in total. The molecule has 0 amide bonds. The van der Waals surface area contributed by atoms with Crippen LogP contribution in [0.5, 0.6) is 0 Å². The fraction of sp³-hybridized carbons (Fsp3) is 0.688. The van der Waals surface area contributed by atoms with Crippen LogP contribution in [0.2, 0.25) is 0 Å². The highest BCUT2D eigenvalue weighted by Crippen LogP contribution is 2.34. The van der Waals surface area contributed by atoms with E-state index in [2.05, 4.69) is 30.7 Å². The third-order valence-corrected chi connectivity index (χ3v) is 4.34. The molecule has 0 aliphatic carbocycles. The molecule has 0 aromatic carbocycles. The van der Waals surface area contributed by atoms with Crippen molar-refractivity contribution < 1.29 is 0 Å². The molecule has 1 aromatic rings. The van der Waals surface area contributed by atoms with E-state index in [0.717, 1.165) is 30.4 Å². The molecule has 1 aliphatic heterocycles. The maximum Gasteiger partial charge on any atom is 0.0772 e. The zero-order valence-corrected chi connectivity index (χ0v) is 12.5. The molecule has 0 saturated carbocycles. The minimum atomic E-state index is 0.431. The van der Waals surface area contributed by atoms with Crippen LogP contribution < -0.4 is 5.73 Å².